The van der Waals surface area contributed by atoms with Gasteiger partial charge in [0.15, 0.2) is 11.6 Å². The maximum atomic E-state index is 6.05. The molecule has 9 heteroatoms. The van der Waals surface area contributed by atoms with Gasteiger partial charge in [0.05, 0.1) is 17.4 Å². The molecular weight excluding hydrogens is 321 g/mol. The molecule has 1 fully saturated rings. The van der Waals surface area contributed by atoms with Gasteiger partial charge in [-0.15, -0.1) is 5.10 Å². The first-order valence-electron chi connectivity index (χ1n) is 8.23. The van der Waals surface area contributed by atoms with Gasteiger partial charge in [-0.2, -0.15) is 0 Å². The van der Waals surface area contributed by atoms with Crippen LogP contribution in [0.5, 0.6) is 5.75 Å². The Bertz CT molecular complexity index is 761. The van der Waals surface area contributed by atoms with E-state index in [0.29, 0.717) is 17.3 Å². The van der Waals surface area contributed by atoms with Gasteiger partial charge in [-0.05, 0) is 40.7 Å². The van der Waals surface area contributed by atoms with Gasteiger partial charge < -0.3 is 19.8 Å². The number of aromatic nitrogens is 4. The Balaban J connectivity index is 1.82. The number of hydrogen-bond acceptors (Lipinski definition) is 7. The first kappa shape index (κ1) is 17.7. The van der Waals surface area contributed by atoms with Gasteiger partial charge in [0, 0.05) is 18.7 Å². The third kappa shape index (κ3) is 3.34. The molecule has 1 atom stereocenters. The maximum absolute atomic E-state index is 6.05. The molecule has 0 bridgehead atoms. The van der Waals surface area contributed by atoms with Crippen LogP contribution in [0.2, 0.25) is 0 Å². The molecule has 1 saturated heterocycles. The summed E-state index contributed by atoms with van der Waals surface area (Å²) in [7, 11) is 1.28. The normalized spacial score (nSPS) is 19.8. The van der Waals surface area contributed by atoms with E-state index in [1.807, 2.05) is 34.6 Å². The third-order valence-corrected chi connectivity index (χ3v) is 4.77. The number of anilines is 1. The number of ether oxygens (including phenoxy) is 1. The lowest BCUT2D eigenvalue weighted by atomic mass is 9.80. The number of hydrogen-bond donors (Lipinski definition) is 1. The summed E-state index contributed by atoms with van der Waals surface area (Å²) < 4.78 is 19.7. The molecule has 1 aliphatic rings. The molecule has 2 aromatic rings. The second-order valence-corrected chi connectivity index (χ2v) is 7.32. The van der Waals surface area contributed by atoms with Crippen LogP contribution in [0.1, 0.15) is 46.4 Å². The molecular formula is C16H24BN5O3. The van der Waals surface area contributed by atoms with Crippen molar-refractivity contribution < 1.29 is 14.0 Å². The molecule has 0 amide bonds. The zero-order valence-electron chi connectivity index (χ0n) is 15.5. The van der Waals surface area contributed by atoms with Gasteiger partial charge in [0.1, 0.15) is 11.8 Å². The van der Waals surface area contributed by atoms with Crippen molar-refractivity contribution in [3.63, 3.8) is 0 Å². The van der Waals surface area contributed by atoms with Crippen molar-refractivity contribution in [2.24, 2.45) is 7.05 Å². The van der Waals surface area contributed by atoms with E-state index >= 15 is 0 Å². The minimum absolute atomic E-state index is 0.302. The lowest BCUT2D eigenvalue weighted by Gasteiger charge is -2.32. The first-order chi connectivity index (χ1) is 11.6. The summed E-state index contributed by atoms with van der Waals surface area (Å²) in [5.41, 5.74) is 6.59. The Morgan fingerprint density at radius 1 is 1.24 bits per heavy atom. The van der Waals surface area contributed by atoms with Crippen LogP contribution in [-0.2, 0) is 16.4 Å². The molecule has 134 valence electrons. The average Bonchev–Trinajstić information content (AvgIpc) is 3.03. The molecule has 0 aromatic carbocycles. The van der Waals surface area contributed by atoms with Crippen molar-refractivity contribution >= 4 is 18.4 Å². The monoisotopic (exact) mass is 345 g/mol. The zero-order valence-corrected chi connectivity index (χ0v) is 15.5. The molecule has 0 saturated carbocycles. The maximum Gasteiger partial charge on any atom is 0.496 e. The second kappa shape index (κ2) is 6.00. The summed E-state index contributed by atoms with van der Waals surface area (Å²) >= 11 is 0. The van der Waals surface area contributed by atoms with E-state index in [4.69, 9.17) is 19.8 Å². The fourth-order valence-corrected chi connectivity index (χ4v) is 2.48. The van der Waals surface area contributed by atoms with Gasteiger partial charge in [0.2, 0.25) is 0 Å². The fourth-order valence-electron chi connectivity index (χ4n) is 2.48. The van der Waals surface area contributed by atoms with Crippen LogP contribution in [0.3, 0.4) is 0 Å². The lowest BCUT2D eigenvalue weighted by molar-refractivity contribution is 0.00578. The summed E-state index contributed by atoms with van der Waals surface area (Å²) in [5.74, 6) is 0.765. The molecule has 2 aromatic heterocycles. The lowest BCUT2D eigenvalue weighted by Crippen LogP contribution is -2.41. The van der Waals surface area contributed by atoms with Crippen molar-refractivity contribution in [1.82, 2.24) is 20.0 Å². The van der Waals surface area contributed by atoms with Crippen LogP contribution in [0.4, 0.5) is 5.82 Å². The molecule has 1 unspecified atom stereocenters. The quantitative estimate of drug-likeness (QED) is 0.833. The Kier molecular flexibility index (Phi) is 4.24. The molecule has 1 aliphatic heterocycles. The molecule has 0 aliphatic carbocycles. The van der Waals surface area contributed by atoms with Crippen molar-refractivity contribution in [2.75, 3.05) is 5.73 Å². The first-order valence-corrected chi connectivity index (χ1v) is 8.23. The van der Waals surface area contributed by atoms with Crippen molar-refractivity contribution in [1.29, 1.82) is 0 Å². The van der Waals surface area contributed by atoms with Gasteiger partial charge in [-0.1, -0.05) is 5.21 Å². The standard InChI is InChI=1S/C16H24BN5O3/c1-10(12-9-22(6)21-20-12)23-13-7-11(8-19-14(13)18)17-24-15(2,3)16(4,5)25-17/h7-10H,1-6H3,(H2,18,19). The fraction of sp³-hybridized carbons (Fsp3) is 0.562. The van der Waals surface area contributed by atoms with Gasteiger partial charge in [0.25, 0.3) is 0 Å². The van der Waals surface area contributed by atoms with Crippen LogP contribution >= 0.6 is 0 Å². The number of pyridine rings is 1. The number of nitrogen functional groups attached to an aromatic ring is 1. The molecule has 2 N–H and O–H groups in total. The highest BCUT2D eigenvalue weighted by molar-refractivity contribution is 6.62. The van der Waals surface area contributed by atoms with Crippen LogP contribution < -0.4 is 15.9 Å². The number of nitrogens with two attached hydrogens (primary N) is 1. The predicted octanol–water partition coefficient (Wildman–Crippen LogP) is 1.23. The highest BCUT2D eigenvalue weighted by Crippen LogP contribution is 2.36. The Hall–Kier alpha value is -2.13. The van der Waals surface area contributed by atoms with E-state index in [9.17, 15) is 0 Å². The highest BCUT2D eigenvalue weighted by atomic mass is 16.7. The van der Waals surface area contributed by atoms with E-state index in [0.717, 1.165) is 5.46 Å². The van der Waals surface area contributed by atoms with Crippen molar-refractivity contribution in [3.8, 4) is 5.75 Å². The molecule has 0 spiro atoms. The van der Waals surface area contributed by atoms with Crippen molar-refractivity contribution in [3.05, 3.63) is 24.2 Å². The predicted molar refractivity (Wildman–Crippen MR) is 94.4 cm³/mol. The topological polar surface area (TPSA) is 97.3 Å². The SMILES string of the molecule is CC(Oc1cc(B2OC(C)(C)C(C)(C)O2)cnc1N)c1cn(C)nn1. The summed E-state index contributed by atoms with van der Waals surface area (Å²) in [4.78, 5) is 4.22. The summed E-state index contributed by atoms with van der Waals surface area (Å²) in [5, 5.41) is 7.97. The third-order valence-electron chi connectivity index (χ3n) is 4.77. The number of aryl methyl sites for hydroxylation is 1. The van der Waals surface area contributed by atoms with Crippen LogP contribution in [0, 0.1) is 0 Å². The van der Waals surface area contributed by atoms with E-state index in [1.165, 1.54) is 0 Å². The van der Waals surface area contributed by atoms with Gasteiger partial charge in [-0.3, -0.25) is 4.68 Å². The van der Waals surface area contributed by atoms with E-state index in [2.05, 4.69) is 15.3 Å². The molecule has 0 radical (unpaired) electrons. The minimum atomic E-state index is -0.521. The molecule has 3 rings (SSSR count). The van der Waals surface area contributed by atoms with E-state index in [1.54, 1.807) is 30.2 Å². The Morgan fingerprint density at radius 3 is 2.44 bits per heavy atom. The smallest absolute Gasteiger partial charge is 0.480 e. The number of nitrogens with zero attached hydrogens (tertiary/aromatic N) is 4. The van der Waals surface area contributed by atoms with E-state index in [-0.39, 0.29) is 6.10 Å². The van der Waals surface area contributed by atoms with Crippen LogP contribution in [-0.4, -0.2) is 38.3 Å². The zero-order chi connectivity index (χ0) is 18.4. The van der Waals surface area contributed by atoms with Crippen LogP contribution in [0.15, 0.2) is 18.5 Å². The largest absolute Gasteiger partial charge is 0.496 e. The second-order valence-electron chi connectivity index (χ2n) is 7.32. The Labute approximate surface area is 147 Å². The summed E-state index contributed by atoms with van der Waals surface area (Å²) in [6, 6.07) is 1.80. The minimum Gasteiger partial charge on any atom is -0.480 e. The van der Waals surface area contributed by atoms with Crippen LogP contribution in [0.25, 0.3) is 0 Å². The number of rotatable bonds is 4. The molecule has 25 heavy (non-hydrogen) atoms. The van der Waals surface area contributed by atoms with Gasteiger partial charge >= 0.3 is 7.12 Å². The van der Waals surface area contributed by atoms with Gasteiger partial charge in [-0.25, -0.2) is 4.98 Å². The Morgan fingerprint density at radius 2 is 1.88 bits per heavy atom. The van der Waals surface area contributed by atoms with E-state index < -0.39 is 18.3 Å². The average molecular weight is 345 g/mol. The highest BCUT2D eigenvalue weighted by Gasteiger charge is 2.52. The molecule has 8 nitrogen and oxygen atoms in total. The molecule has 3 heterocycles. The summed E-state index contributed by atoms with van der Waals surface area (Å²) in [6.07, 6.45) is 3.13. The summed E-state index contributed by atoms with van der Waals surface area (Å²) in [6.45, 7) is 9.90. The van der Waals surface area contributed by atoms with Crippen molar-refractivity contribution in [2.45, 2.75) is 51.9 Å².